The molecule has 118 valence electrons. The van der Waals surface area contributed by atoms with E-state index in [-0.39, 0.29) is 5.60 Å². The SMILES string of the molecule is CCNC(Cc1c(C)cc(C)cc1C)C1(C)CCCCO1. The van der Waals surface area contributed by atoms with Gasteiger partial charge in [0.25, 0.3) is 0 Å². The average molecular weight is 289 g/mol. The molecule has 2 heteroatoms. The van der Waals surface area contributed by atoms with Gasteiger partial charge in [0.05, 0.1) is 5.60 Å². The molecule has 1 aromatic rings. The molecule has 2 nitrogen and oxygen atoms in total. The molecule has 0 aromatic heterocycles. The van der Waals surface area contributed by atoms with Crippen LogP contribution in [0.5, 0.6) is 0 Å². The van der Waals surface area contributed by atoms with E-state index < -0.39 is 0 Å². The first kappa shape index (κ1) is 16.5. The fourth-order valence-corrected chi connectivity index (χ4v) is 3.72. The van der Waals surface area contributed by atoms with Crippen molar-refractivity contribution in [2.75, 3.05) is 13.2 Å². The van der Waals surface area contributed by atoms with Crippen molar-refractivity contribution >= 4 is 0 Å². The maximum Gasteiger partial charge on any atom is 0.0810 e. The number of nitrogens with one attached hydrogen (secondary N) is 1. The number of aryl methyl sites for hydroxylation is 3. The van der Waals surface area contributed by atoms with Crippen molar-refractivity contribution in [3.63, 3.8) is 0 Å². The van der Waals surface area contributed by atoms with Crippen LogP contribution in [0.3, 0.4) is 0 Å². The van der Waals surface area contributed by atoms with Crippen molar-refractivity contribution in [2.24, 2.45) is 0 Å². The summed E-state index contributed by atoms with van der Waals surface area (Å²) in [5, 5.41) is 3.69. The Morgan fingerprint density at radius 1 is 1.19 bits per heavy atom. The molecule has 0 bridgehead atoms. The van der Waals surface area contributed by atoms with E-state index in [0.717, 1.165) is 26.0 Å². The molecule has 0 amide bonds. The number of hydrogen-bond donors (Lipinski definition) is 1. The van der Waals surface area contributed by atoms with Crippen molar-refractivity contribution in [1.29, 1.82) is 0 Å². The van der Waals surface area contributed by atoms with Gasteiger partial charge in [0.1, 0.15) is 0 Å². The summed E-state index contributed by atoms with van der Waals surface area (Å²) < 4.78 is 6.19. The molecule has 0 saturated carbocycles. The zero-order chi connectivity index (χ0) is 15.5. The summed E-state index contributed by atoms with van der Waals surface area (Å²) >= 11 is 0. The molecule has 1 fully saturated rings. The number of ether oxygens (including phenoxy) is 1. The number of benzene rings is 1. The summed E-state index contributed by atoms with van der Waals surface area (Å²) in [6.45, 7) is 13.0. The molecule has 0 aliphatic carbocycles. The van der Waals surface area contributed by atoms with Crippen LogP contribution >= 0.6 is 0 Å². The smallest absolute Gasteiger partial charge is 0.0810 e. The van der Waals surface area contributed by atoms with E-state index >= 15 is 0 Å². The lowest BCUT2D eigenvalue weighted by atomic mass is 9.82. The quantitative estimate of drug-likeness (QED) is 0.881. The third-order valence-corrected chi connectivity index (χ3v) is 4.94. The molecule has 1 aliphatic heterocycles. The fraction of sp³-hybridized carbons (Fsp3) is 0.684. The molecule has 2 atom stereocenters. The minimum atomic E-state index is -0.0297. The predicted octanol–water partition coefficient (Wildman–Crippen LogP) is 4.09. The van der Waals surface area contributed by atoms with Crippen molar-refractivity contribution in [1.82, 2.24) is 5.32 Å². The van der Waals surface area contributed by atoms with Crippen LogP contribution in [-0.2, 0) is 11.2 Å². The Hall–Kier alpha value is -0.860. The van der Waals surface area contributed by atoms with Gasteiger partial charge in [-0.15, -0.1) is 0 Å². The molecule has 1 aliphatic rings. The predicted molar refractivity (Wildman–Crippen MR) is 90.0 cm³/mol. The van der Waals surface area contributed by atoms with Crippen LogP contribution in [0.15, 0.2) is 12.1 Å². The lowest BCUT2D eigenvalue weighted by Gasteiger charge is -2.41. The standard InChI is InChI=1S/C19H31NO/c1-6-20-18(19(5)9-7-8-10-21-19)13-17-15(3)11-14(2)12-16(17)4/h11-12,18,20H,6-10,13H2,1-5H3. The van der Waals surface area contributed by atoms with E-state index in [0.29, 0.717) is 6.04 Å². The Kier molecular flexibility index (Phi) is 5.45. The van der Waals surface area contributed by atoms with Gasteiger partial charge in [-0.3, -0.25) is 0 Å². The lowest BCUT2D eigenvalue weighted by Crippen LogP contribution is -2.53. The molecular weight excluding hydrogens is 258 g/mol. The van der Waals surface area contributed by atoms with Crippen molar-refractivity contribution < 1.29 is 4.74 Å². The molecular formula is C19H31NO. The van der Waals surface area contributed by atoms with Gasteiger partial charge in [0, 0.05) is 12.6 Å². The van der Waals surface area contributed by atoms with Crippen LogP contribution in [0.2, 0.25) is 0 Å². The summed E-state index contributed by atoms with van der Waals surface area (Å²) in [4.78, 5) is 0. The first-order valence-electron chi connectivity index (χ1n) is 8.40. The summed E-state index contributed by atoms with van der Waals surface area (Å²) in [5.41, 5.74) is 5.64. The van der Waals surface area contributed by atoms with Crippen LogP contribution in [0, 0.1) is 20.8 Å². The number of likely N-dealkylation sites (N-methyl/N-ethyl adjacent to an activating group) is 1. The summed E-state index contributed by atoms with van der Waals surface area (Å²) in [5.74, 6) is 0. The van der Waals surface area contributed by atoms with E-state index in [1.54, 1.807) is 0 Å². The van der Waals surface area contributed by atoms with Crippen molar-refractivity contribution in [2.45, 2.75) is 71.9 Å². The van der Waals surface area contributed by atoms with Crippen LogP contribution in [0.25, 0.3) is 0 Å². The molecule has 1 N–H and O–H groups in total. The van der Waals surface area contributed by atoms with E-state index in [4.69, 9.17) is 4.74 Å². The normalized spacial score (nSPS) is 24.0. The Labute approximate surface area is 130 Å². The Bertz CT molecular complexity index is 451. The second-order valence-corrected chi connectivity index (χ2v) is 6.81. The summed E-state index contributed by atoms with van der Waals surface area (Å²) in [6.07, 6.45) is 4.71. The number of rotatable bonds is 5. The molecule has 0 spiro atoms. The van der Waals surface area contributed by atoms with Gasteiger partial charge in [-0.05, 0) is 76.6 Å². The highest BCUT2D eigenvalue weighted by atomic mass is 16.5. The van der Waals surface area contributed by atoms with Gasteiger partial charge < -0.3 is 10.1 Å². The van der Waals surface area contributed by atoms with Crippen LogP contribution < -0.4 is 5.32 Å². The Balaban J connectivity index is 2.24. The minimum absolute atomic E-state index is 0.0297. The van der Waals surface area contributed by atoms with E-state index in [1.165, 1.54) is 35.1 Å². The van der Waals surface area contributed by atoms with Crippen molar-refractivity contribution in [3.05, 3.63) is 34.4 Å². The van der Waals surface area contributed by atoms with Gasteiger partial charge in [-0.25, -0.2) is 0 Å². The molecule has 1 heterocycles. The highest BCUT2D eigenvalue weighted by Crippen LogP contribution is 2.31. The first-order chi connectivity index (χ1) is 9.96. The third-order valence-electron chi connectivity index (χ3n) is 4.94. The first-order valence-corrected chi connectivity index (χ1v) is 8.40. The highest BCUT2D eigenvalue weighted by Gasteiger charge is 2.36. The van der Waals surface area contributed by atoms with Crippen LogP contribution in [0.4, 0.5) is 0 Å². The lowest BCUT2D eigenvalue weighted by molar-refractivity contribution is -0.0881. The molecule has 1 saturated heterocycles. The van der Waals surface area contributed by atoms with E-state index in [9.17, 15) is 0 Å². The van der Waals surface area contributed by atoms with Gasteiger partial charge in [0.2, 0.25) is 0 Å². The highest BCUT2D eigenvalue weighted by molar-refractivity contribution is 5.38. The van der Waals surface area contributed by atoms with E-state index in [2.05, 4.69) is 52.1 Å². The second-order valence-electron chi connectivity index (χ2n) is 6.81. The Morgan fingerprint density at radius 3 is 2.38 bits per heavy atom. The maximum absolute atomic E-state index is 6.19. The van der Waals surface area contributed by atoms with Crippen molar-refractivity contribution in [3.8, 4) is 0 Å². The fourth-order valence-electron chi connectivity index (χ4n) is 3.72. The second kappa shape index (κ2) is 6.93. The van der Waals surface area contributed by atoms with Gasteiger partial charge >= 0.3 is 0 Å². The van der Waals surface area contributed by atoms with Crippen LogP contribution in [-0.4, -0.2) is 24.8 Å². The van der Waals surface area contributed by atoms with E-state index in [1.807, 2.05) is 0 Å². The summed E-state index contributed by atoms with van der Waals surface area (Å²) in [6, 6.07) is 4.99. The minimum Gasteiger partial charge on any atom is -0.374 e. The monoisotopic (exact) mass is 289 g/mol. The van der Waals surface area contributed by atoms with Gasteiger partial charge in [-0.1, -0.05) is 24.6 Å². The average Bonchev–Trinajstić information content (AvgIpc) is 2.42. The molecule has 2 rings (SSSR count). The zero-order valence-electron chi connectivity index (χ0n) is 14.4. The molecule has 21 heavy (non-hydrogen) atoms. The Morgan fingerprint density at radius 2 is 1.86 bits per heavy atom. The molecule has 0 radical (unpaired) electrons. The van der Waals surface area contributed by atoms with Gasteiger partial charge in [0.15, 0.2) is 0 Å². The molecule has 1 aromatic carbocycles. The van der Waals surface area contributed by atoms with Gasteiger partial charge in [-0.2, -0.15) is 0 Å². The summed E-state index contributed by atoms with van der Waals surface area (Å²) in [7, 11) is 0. The maximum atomic E-state index is 6.19. The number of hydrogen-bond acceptors (Lipinski definition) is 2. The van der Waals surface area contributed by atoms with Crippen LogP contribution in [0.1, 0.15) is 55.4 Å². The third kappa shape index (κ3) is 3.87. The largest absolute Gasteiger partial charge is 0.374 e. The zero-order valence-corrected chi connectivity index (χ0v) is 14.4. The topological polar surface area (TPSA) is 21.3 Å². The molecule has 2 unspecified atom stereocenters.